The minimum absolute atomic E-state index is 0.370. The molecule has 0 saturated carbocycles. The van der Waals surface area contributed by atoms with Crippen LogP contribution in [0.4, 0.5) is 0 Å². The van der Waals surface area contributed by atoms with Gasteiger partial charge < -0.3 is 47.4 Å². The van der Waals surface area contributed by atoms with Crippen molar-refractivity contribution in [2.75, 3.05) is 92.5 Å². The molecule has 0 atom stereocenters. The summed E-state index contributed by atoms with van der Waals surface area (Å²) in [5.74, 6) is 3.41. The first-order valence-electron chi connectivity index (χ1n) is 23.3. The summed E-state index contributed by atoms with van der Waals surface area (Å²) in [5, 5.41) is 0. The third-order valence-electron chi connectivity index (χ3n) is 11.5. The van der Waals surface area contributed by atoms with Crippen molar-refractivity contribution in [3.63, 3.8) is 0 Å². The van der Waals surface area contributed by atoms with Crippen molar-refractivity contribution in [3.8, 4) is 23.0 Å². The lowest BCUT2D eigenvalue weighted by Crippen LogP contribution is -2.15. The first-order valence-corrected chi connectivity index (χ1v) is 23.3. The normalized spacial score (nSPS) is 16.3. The molecule has 0 amide bonds. The topological polar surface area (TPSA) is 92.3 Å². The van der Waals surface area contributed by atoms with Gasteiger partial charge in [-0.1, -0.05) is 133 Å². The Morgan fingerprint density at radius 3 is 0.818 bits per heavy atom. The molecule has 10 nitrogen and oxygen atoms in total. The van der Waals surface area contributed by atoms with E-state index in [1.807, 2.05) is 36.4 Å². The van der Waals surface area contributed by atoms with Crippen LogP contribution in [0.2, 0.25) is 0 Å². The number of benzene rings is 6. The van der Waals surface area contributed by atoms with Crippen molar-refractivity contribution in [1.82, 2.24) is 0 Å². The number of ether oxygens (including phenoxy) is 10. The first-order chi connectivity index (χ1) is 32.8. The third kappa shape index (κ3) is 13.9. The minimum atomic E-state index is 0.370. The highest BCUT2D eigenvalue weighted by Crippen LogP contribution is 2.39. The molecule has 2 aliphatic rings. The predicted molar refractivity (Wildman–Crippen MR) is 254 cm³/mol. The van der Waals surface area contributed by atoms with E-state index in [1.165, 1.54) is 0 Å². The molecule has 6 aromatic carbocycles. The summed E-state index contributed by atoms with van der Waals surface area (Å²) in [6.07, 6.45) is 2.36. The van der Waals surface area contributed by atoms with Crippen LogP contribution in [0.5, 0.6) is 23.0 Å². The quantitative estimate of drug-likeness (QED) is 0.161. The highest BCUT2D eigenvalue weighted by Gasteiger charge is 2.22. The molecule has 6 aromatic rings. The molecule has 8 rings (SSSR count). The van der Waals surface area contributed by atoms with Crippen LogP contribution < -0.4 is 18.9 Å². The van der Waals surface area contributed by atoms with E-state index in [0.29, 0.717) is 131 Å². The number of para-hydroxylation sites is 4. The molecule has 0 radical (unpaired) electrons. The van der Waals surface area contributed by atoms with Gasteiger partial charge in [0.15, 0.2) is 0 Å². The van der Waals surface area contributed by atoms with E-state index in [2.05, 4.69) is 97.1 Å². The molecular formula is C56H62O10. The number of rotatable bonds is 6. The van der Waals surface area contributed by atoms with E-state index in [1.54, 1.807) is 0 Å². The predicted octanol–water partition coefficient (Wildman–Crippen LogP) is 9.39. The Labute approximate surface area is 389 Å². The Morgan fingerprint density at radius 1 is 0.273 bits per heavy atom. The van der Waals surface area contributed by atoms with E-state index in [9.17, 15) is 0 Å². The Hall–Kier alpha value is -5.72. The molecule has 0 unspecified atom stereocenters. The van der Waals surface area contributed by atoms with Gasteiger partial charge in [0.2, 0.25) is 0 Å². The lowest BCUT2D eigenvalue weighted by molar-refractivity contribution is -0.0187. The molecule has 0 fully saturated rings. The standard InChI is InChI=1S/C56H62O10/c1-3-11-43(12-4-1)41-65-55-49-19-9-20-50(55)38-46-16-8-18-48-40-52-22-10-21-51(56(52)66-42-44-13-5-2-6-14-44)39-47-17-7-15-45(37-49)53(47)63-35-33-61-31-29-59-27-25-57-23-24-58-26-28-60-30-32-62-34-36-64-54(46)48/h1-22H,23-42H2. The molecule has 1 aliphatic heterocycles. The monoisotopic (exact) mass is 894 g/mol. The highest BCUT2D eigenvalue weighted by atomic mass is 16.6. The van der Waals surface area contributed by atoms with Crippen molar-refractivity contribution in [2.45, 2.75) is 38.9 Å². The average Bonchev–Trinajstić information content (AvgIpc) is 3.34. The molecule has 66 heavy (non-hydrogen) atoms. The molecule has 0 saturated heterocycles. The first kappa shape index (κ1) is 46.8. The van der Waals surface area contributed by atoms with Gasteiger partial charge >= 0.3 is 0 Å². The van der Waals surface area contributed by atoms with Gasteiger partial charge in [0.1, 0.15) is 49.4 Å². The fourth-order valence-electron chi connectivity index (χ4n) is 8.29. The summed E-state index contributed by atoms with van der Waals surface area (Å²) in [5.41, 5.74) is 10.7. The van der Waals surface area contributed by atoms with Gasteiger partial charge in [0, 0.05) is 25.7 Å². The lowest BCUT2D eigenvalue weighted by Gasteiger charge is -2.23. The van der Waals surface area contributed by atoms with Crippen molar-refractivity contribution < 1.29 is 47.4 Å². The average molecular weight is 895 g/mol. The number of hydrogen-bond acceptors (Lipinski definition) is 10. The SMILES string of the molecule is c1ccc(COc2c3cccc2Cc2cccc4c2OCCOCCOCCOCCOCCOCCOCCOc2c(cccc2Cc2cccc(c2OCc2ccccc2)C4)C3)cc1. The highest BCUT2D eigenvalue weighted by molar-refractivity contribution is 5.56. The van der Waals surface area contributed by atoms with Crippen LogP contribution in [0, 0.1) is 0 Å². The maximum atomic E-state index is 6.88. The Bertz CT molecular complexity index is 2120. The van der Waals surface area contributed by atoms with Gasteiger partial charge in [-0.2, -0.15) is 0 Å². The van der Waals surface area contributed by atoms with E-state index >= 15 is 0 Å². The molecular weight excluding hydrogens is 833 g/mol. The zero-order valence-corrected chi connectivity index (χ0v) is 37.9. The second kappa shape index (κ2) is 25.8. The second-order valence-electron chi connectivity index (χ2n) is 16.2. The number of fused-ring (bicyclic) bond motifs is 2. The van der Waals surface area contributed by atoms with Crippen molar-refractivity contribution in [1.29, 1.82) is 0 Å². The number of hydrogen-bond donors (Lipinski definition) is 0. The van der Waals surface area contributed by atoms with Crippen LogP contribution in [-0.2, 0) is 67.3 Å². The smallest absolute Gasteiger partial charge is 0.126 e. The molecule has 10 bridgehead atoms. The minimum Gasteiger partial charge on any atom is -0.491 e. The summed E-state index contributed by atoms with van der Waals surface area (Å²) in [6.45, 7) is 7.16. The molecule has 10 heteroatoms. The van der Waals surface area contributed by atoms with E-state index in [-0.39, 0.29) is 0 Å². The molecule has 1 aliphatic carbocycles. The van der Waals surface area contributed by atoms with Gasteiger partial charge in [0.05, 0.1) is 79.3 Å². The molecule has 346 valence electrons. The van der Waals surface area contributed by atoms with Crippen LogP contribution in [0.1, 0.15) is 55.6 Å². The van der Waals surface area contributed by atoms with Crippen molar-refractivity contribution >= 4 is 0 Å². The van der Waals surface area contributed by atoms with E-state index in [0.717, 1.165) is 78.6 Å². The van der Waals surface area contributed by atoms with Crippen molar-refractivity contribution in [2.24, 2.45) is 0 Å². The van der Waals surface area contributed by atoms with Gasteiger partial charge in [-0.25, -0.2) is 0 Å². The summed E-state index contributed by atoms with van der Waals surface area (Å²) in [6, 6.07) is 46.5. The third-order valence-corrected chi connectivity index (χ3v) is 11.5. The van der Waals surface area contributed by atoms with Gasteiger partial charge in [0.25, 0.3) is 0 Å². The zero-order chi connectivity index (χ0) is 44.9. The van der Waals surface area contributed by atoms with Crippen LogP contribution in [-0.4, -0.2) is 92.5 Å². The molecule has 1 heterocycles. The van der Waals surface area contributed by atoms with E-state index < -0.39 is 0 Å². The Balaban J connectivity index is 1.18. The maximum absolute atomic E-state index is 6.88. The molecule has 0 spiro atoms. The molecule has 0 N–H and O–H groups in total. The summed E-state index contributed by atoms with van der Waals surface area (Å²) < 4.78 is 62.2. The molecule has 0 aromatic heterocycles. The second-order valence-corrected chi connectivity index (χ2v) is 16.2. The van der Waals surface area contributed by atoms with Gasteiger partial charge in [-0.05, 0) is 55.6 Å². The summed E-state index contributed by atoms with van der Waals surface area (Å²) >= 11 is 0. The van der Waals surface area contributed by atoms with Gasteiger partial charge in [-0.3, -0.25) is 0 Å². The Kier molecular flexibility index (Phi) is 18.3. The van der Waals surface area contributed by atoms with Crippen LogP contribution in [0.15, 0.2) is 133 Å². The maximum Gasteiger partial charge on any atom is 0.126 e. The van der Waals surface area contributed by atoms with Gasteiger partial charge in [-0.15, -0.1) is 0 Å². The van der Waals surface area contributed by atoms with Crippen LogP contribution in [0.25, 0.3) is 0 Å². The summed E-state index contributed by atoms with van der Waals surface area (Å²) in [4.78, 5) is 0. The fourth-order valence-corrected chi connectivity index (χ4v) is 8.29. The Morgan fingerprint density at radius 2 is 0.530 bits per heavy atom. The zero-order valence-electron chi connectivity index (χ0n) is 37.9. The fraction of sp³-hybridized carbons (Fsp3) is 0.357. The van der Waals surface area contributed by atoms with Crippen molar-refractivity contribution in [3.05, 3.63) is 189 Å². The summed E-state index contributed by atoms with van der Waals surface area (Å²) in [7, 11) is 0. The van der Waals surface area contributed by atoms with Crippen LogP contribution in [0.3, 0.4) is 0 Å². The largest absolute Gasteiger partial charge is 0.491 e. The van der Waals surface area contributed by atoms with Crippen LogP contribution >= 0.6 is 0 Å². The van der Waals surface area contributed by atoms with E-state index in [4.69, 9.17) is 47.4 Å². The lowest BCUT2D eigenvalue weighted by atomic mass is 9.91.